The van der Waals surface area contributed by atoms with Crippen LogP contribution >= 0.6 is 0 Å². The summed E-state index contributed by atoms with van der Waals surface area (Å²) in [6.07, 6.45) is 1.37. The predicted molar refractivity (Wildman–Crippen MR) is 53.7 cm³/mol. The van der Waals surface area contributed by atoms with Gasteiger partial charge >= 0.3 is 5.97 Å². The third kappa shape index (κ3) is 2.78. The molecule has 0 saturated heterocycles. The van der Waals surface area contributed by atoms with Gasteiger partial charge in [0.15, 0.2) is 0 Å². The van der Waals surface area contributed by atoms with Crippen LogP contribution in [0.15, 0.2) is 29.4 Å². The van der Waals surface area contributed by atoms with Gasteiger partial charge in [0.2, 0.25) is 5.69 Å². The first-order valence-corrected chi connectivity index (χ1v) is 4.53. The third-order valence-electron chi connectivity index (χ3n) is 1.73. The molecule has 0 bridgehead atoms. The lowest BCUT2D eigenvalue weighted by molar-refractivity contribution is -0.435. The average Bonchev–Trinajstić information content (AvgIpc) is 2.30. The number of hydrogen-bond acceptors (Lipinski definition) is 5. The van der Waals surface area contributed by atoms with E-state index in [-0.39, 0.29) is 17.2 Å². The fourth-order valence-corrected chi connectivity index (χ4v) is 1.04. The number of ether oxygens (including phenoxy) is 1. The summed E-state index contributed by atoms with van der Waals surface area (Å²) < 4.78 is 4.77. The lowest BCUT2D eigenvalue weighted by atomic mass is 10.2. The molecule has 0 unspecified atom stereocenters. The topological polar surface area (TPSA) is 88.5 Å². The molecule has 0 aliphatic rings. The number of hydrogen-bond donors (Lipinski definition) is 0. The van der Waals surface area contributed by atoms with Gasteiger partial charge in [-0.15, -0.1) is 0 Å². The van der Waals surface area contributed by atoms with Crippen molar-refractivity contribution in [2.75, 3.05) is 6.61 Å². The molecule has 0 spiro atoms. The summed E-state index contributed by atoms with van der Waals surface area (Å²) in [6, 6.07) is 5.65. The Morgan fingerprint density at radius 3 is 2.69 bits per heavy atom. The normalized spacial score (nSPS) is 10.6. The van der Waals surface area contributed by atoms with Crippen molar-refractivity contribution in [3.63, 3.8) is 0 Å². The first-order chi connectivity index (χ1) is 7.69. The van der Waals surface area contributed by atoms with Crippen molar-refractivity contribution in [1.82, 2.24) is 0 Å². The summed E-state index contributed by atoms with van der Waals surface area (Å²) in [4.78, 5) is 11.4. The van der Waals surface area contributed by atoms with E-state index in [1.54, 1.807) is 6.92 Å². The molecule has 82 valence electrons. The fraction of sp³-hybridized carbons (Fsp3) is 0.200. The van der Waals surface area contributed by atoms with Gasteiger partial charge in [-0.05, 0) is 23.9 Å². The van der Waals surface area contributed by atoms with Crippen LogP contribution in [-0.2, 0) is 4.74 Å². The minimum Gasteiger partial charge on any atom is -0.593 e. The van der Waals surface area contributed by atoms with E-state index in [0.717, 1.165) is 0 Å². The standard InChI is InChI=1S/C10H9N3O3/c1-2-16-10(14)8-3-5-9(6-4-8)13(15)12-7-11/h3-6H,2H2,1H3. The van der Waals surface area contributed by atoms with E-state index in [2.05, 4.69) is 5.11 Å². The zero-order valence-corrected chi connectivity index (χ0v) is 8.58. The monoisotopic (exact) mass is 219 g/mol. The van der Waals surface area contributed by atoms with E-state index < -0.39 is 5.97 Å². The fourth-order valence-electron chi connectivity index (χ4n) is 1.04. The van der Waals surface area contributed by atoms with E-state index in [9.17, 15) is 10.0 Å². The highest BCUT2D eigenvalue weighted by Gasteiger charge is 2.08. The predicted octanol–water partition coefficient (Wildman–Crippen LogP) is 1.94. The molecule has 6 nitrogen and oxygen atoms in total. The Labute approximate surface area is 92.0 Å². The number of esters is 1. The summed E-state index contributed by atoms with van der Waals surface area (Å²) in [5.74, 6) is -0.455. The zero-order valence-electron chi connectivity index (χ0n) is 8.58. The summed E-state index contributed by atoms with van der Waals surface area (Å²) >= 11 is 0. The maximum atomic E-state index is 11.3. The van der Waals surface area contributed by atoms with Gasteiger partial charge in [-0.25, -0.2) is 4.79 Å². The lowest BCUT2D eigenvalue weighted by Gasteiger charge is -2.01. The van der Waals surface area contributed by atoms with Crippen molar-refractivity contribution in [1.29, 1.82) is 5.26 Å². The second-order valence-corrected chi connectivity index (χ2v) is 2.74. The van der Waals surface area contributed by atoms with E-state index in [1.165, 1.54) is 30.5 Å². The summed E-state index contributed by atoms with van der Waals surface area (Å²) in [5, 5.41) is 22.2. The van der Waals surface area contributed by atoms with E-state index >= 15 is 0 Å². The van der Waals surface area contributed by atoms with E-state index in [4.69, 9.17) is 10.00 Å². The Kier molecular flexibility index (Phi) is 3.98. The summed E-state index contributed by atoms with van der Waals surface area (Å²) in [7, 11) is 0. The molecule has 1 aromatic rings. The number of nitrogens with zero attached hydrogens (tertiary/aromatic N) is 3. The smallest absolute Gasteiger partial charge is 0.338 e. The van der Waals surface area contributed by atoms with E-state index in [0.29, 0.717) is 5.56 Å². The van der Waals surface area contributed by atoms with Crippen molar-refractivity contribution in [3.8, 4) is 6.19 Å². The van der Waals surface area contributed by atoms with Gasteiger partial charge in [-0.1, -0.05) is 0 Å². The van der Waals surface area contributed by atoms with Crippen LogP contribution in [0.4, 0.5) is 5.69 Å². The van der Waals surface area contributed by atoms with Crippen molar-refractivity contribution < 1.29 is 14.4 Å². The van der Waals surface area contributed by atoms with Crippen LogP contribution < -0.4 is 0 Å². The van der Waals surface area contributed by atoms with Gasteiger partial charge < -0.3 is 9.94 Å². The van der Waals surface area contributed by atoms with E-state index in [1.807, 2.05) is 0 Å². The summed E-state index contributed by atoms with van der Waals surface area (Å²) in [6.45, 7) is 2.00. The molecule has 16 heavy (non-hydrogen) atoms. The Balaban J connectivity index is 2.88. The number of benzene rings is 1. The molecule has 0 N–H and O–H groups in total. The van der Waals surface area contributed by atoms with Gasteiger partial charge in [-0.2, -0.15) is 5.26 Å². The van der Waals surface area contributed by atoms with Crippen LogP contribution in [-0.4, -0.2) is 17.4 Å². The Hall–Kier alpha value is -2.42. The van der Waals surface area contributed by atoms with Gasteiger partial charge in [0.1, 0.15) is 0 Å². The Morgan fingerprint density at radius 2 is 2.19 bits per heavy atom. The lowest BCUT2D eigenvalue weighted by Crippen LogP contribution is -2.04. The maximum Gasteiger partial charge on any atom is 0.338 e. The number of nitriles is 1. The number of rotatable bonds is 3. The first-order valence-electron chi connectivity index (χ1n) is 4.53. The molecule has 0 aliphatic carbocycles. The molecular formula is C10H9N3O3. The van der Waals surface area contributed by atoms with Crippen LogP contribution in [0.5, 0.6) is 0 Å². The molecule has 0 radical (unpaired) electrons. The van der Waals surface area contributed by atoms with Crippen LogP contribution in [0.3, 0.4) is 0 Å². The second-order valence-electron chi connectivity index (χ2n) is 2.74. The number of carbonyl (C=O) groups is 1. The number of azo groups is 1. The molecule has 1 rings (SSSR count). The molecule has 6 heteroatoms. The highest BCUT2D eigenvalue weighted by molar-refractivity contribution is 5.89. The molecule has 0 aliphatic heterocycles. The minimum absolute atomic E-state index is 0.176. The van der Waals surface area contributed by atoms with Crippen LogP contribution in [0.25, 0.3) is 0 Å². The van der Waals surface area contributed by atoms with Crippen molar-refractivity contribution >= 4 is 11.7 Å². The van der Waals surface area contributed by atoms with Crippen molar-refractivity contribution in [2.24, 2.45) is 5.11 Å². The number of carbonyl (C=O) groups excluding carboxylic acids is 1. The van der Waals surface area contributed by atoms with Gasteiger partial charge in [0, 0.05) is 12.1 Å². The van der Waals surface area contributed by atoms with Gasteiger partial charge in [-0.3, -0.25) is 0 Å². The quantitative estimate of drug-likeness (QED) is 0.255. The van der Waals surface area contributed by atoms with Crippen molar-refractivity contribution in [3.05, 3.63) is 35.0 Å². The molecule has 0 amide bonds. The molecule has 0 fully saturated rings. The third-order valence-corrected chi connectivity index (χ3v) is 1.73. The van der Waals surface area contributed by atoms with Gasteiger partial charge in [0.05, 0.1) is 17.3 Å². The molecule has 1 aromatic carbocycles. The molecule has 0 heterocycles. The summed E-state index contributed by atoms with van der Waals surface area (Å²) in [5.41, 5.74) is 0.519. The first kappa shape index (κ1) is 11.7. The Bertz CT molecular complexity index is 445. The zero-order chi connectivity index (χ0) is 12.0. The SMILES string of the molecule is CCOC(=O)c1ccc([N+]([O-])=NC#N)cc1. The highest BCUT2D eigenvalue weighted by atomic mass is 16.5. The highest BCUT2D eigenvalue weighted by Crippen LogP contribution is 2.13. The van der Waals surface area contributed by atoms with Gasteiger partial charge in [0.25, 0.3) is 6.19 Å². The Morgan fingerprint density at radius 1 is 1.56 bits per heavy atom. The van der Waals surface area contributed by atoms with Crippen LogP contribution in [0, 0.1) is 16.7 Å². The average molecular weight is 219 g/mol. The maximum absolute atomic E-state index is 11.3. The van der Waals surface area contributed by atoms with Crippen LogP contribution in [0.1, 0.15) is 17.3 Å². The molecular weight excluding hydrogens is 210 g/mol. The molecule has 0 aromatic heterocycles. The minimum atomic E-state index is -0.455. The second kappa shape index (κ2) is 5.46. The largest absolute Gasteiger partial charge is 0.593 e. The van der Waals surface area contributed by atoms with Crippen LogP contribution in [0.2, 0.25) is 0 Å². The van der Waals surface area contributed by atoms with Crippen molar-refractivity contribution in [2.45, 2.75) is 6.92 Å². The molecule has 0 saturated carbocycles. The molecule has 0 atom stereocenters.